The summed E-state index contributed by atoms with van der Waals surface area (Å²) in [5, 5.41) is 0. The lowest BCUT2D eigenvalue weighted by molar-refractivity contribution is -0.148. The number of rotatable bonds is 30. The predicted octanol–water partition coefficient (Wildman–Crippen LogP) is 12.8. The lowest BCUT2D eigenvalue weighted by atomic mass is 10.0. The fraction of sp³-hybridized carbons (Fsp3) is 0.947. The number of carbonyl (C=O) groups is 2. The topological polar surface area (TPSA) is 52.6 Å². The molecular formula is C38H76O4. The lowest BCUT2D eigenvalue weighted by Gasteiger charge is -2.07. The molecule has 0 fully saturated rings. The van der Waals surface area contributed by atoms with Crippen molar-refractivity contribution in [3.8, 4) is 0 Å². The highest BCUT2D eigenvalue weighted by Crippen LogP contribution is 2.14. The molecule has 0 saturated heterocycles. The zero-order valence-electron chi connectivity index (χ0n) is 29.6. The van der Waals surface area contributed by atoms with Gasteiger partial charge in [-0.3, -0.25) is 9.59 Å². The summed E-state index contributed by atoms with van der Waals surface area (Å²) in [4.78, 5) is 22.7. The summed E-state index contributed by atoms with van der Waals surface area (Å²) in [6, 6.07) is 0. The minimum Gasteiger partial charge on any atom is -0.463 e. The van der Waals surface area contributed by atoms with E-state index < -0.39 is 0 Å². The molecule has 0 aromatic carbocycles. The predicted molar refractivity (Wildman–Crippen MR) is 183 cm³/mol. The third-order valence-electron chi connectivity index (χ3n) is 7.70. The first-order valence-electron chi connectivity index (χ1n) is 18.7. The van der Waals surface area contributed by atoms with Gasteiger partial charge in [-0.2, -0.15) is 0 Å². The molecule has 0 atom stereocenters. The Morgan fingerprint density at radius 2 is 0.548 bits per heavy atom. The average molecular weight is 597 g/mol. The molecule has 0 rings (SSSR count). The van der Waals surface area contributed by atoms with Gasteiger partial charge in [0.15, 0.2) is 0 Å². The summed E-state index contributed by atoms with van der Waals surface area (Å²) in [6.07, 6.45) is 36.0. The summed E-state index contributed by atoms with van der Waals surface area (Å²) in [7, 11) is 0. The largest absolute Gasteiger partial charge is 0.463 e. The van der Waals surface area contributed by atoms with E-state index >= 15 is 0 Å². The van der Waals surface area contributed by atoms with Gasteiger partial charge in [-0.25, -0.2) is 0 Å². The van der Waals surface area contributed by atoms with Crippen molar-refractivity contribution >= 4 is 11.9 Å². The molecule has 0 spiro atoms. The maximum atomic E-state index is 11.3. The number of hydrogen-bond donors (Lipinski definition) is 0. The number of unbranched alkanes of at least 4 members (excludes halogenated alkanes) is 24. The minimum absolute atomic E-state index is 0.0273. The van der Waals surface area contributed by atoms with Gasteiger partial charge in [0, 0.05) is 12.8 Å². The molecule has 0 radical (unpaired) electrons. The molecular weight excluding hydrogens is 520 g/mol. The number of esters is 2. The molecule has 252 valence electrons. The fourth-order valence-corrected chi connectivity index (χ4v) is 5.22. The maximum absolute atomic E-state index is 11.3. The van der Waals surface area contributed by atoms with Gasteiger partial charge in [-0.15, -0.1) is 0 Å². The Bertz CT molecular complexity index is 495. The van der Waals surface area contributed by atoms with Gasteiger partial charge in [0.1, 0.15) is 0 Å². The highest BCUT2D eigenvalue weighted by atomic mass is 16.5. The highest BCUT2D eigenvalue weighted by Gasteiger charge is 2.05. The Labute approximate surface area is 264 Å². The van der Waals surface area contributed by atoms with Crippen molar-refractivity contribution in [3.63, 3.8) is 0 Å². The first-order chi connectivity index (χ1) is 20.3. The Morgan fingerprint density at radius 3 is 0.738 bits per heavy atom. The first-order valence-corrected chi connectivity index (χ1v) is 18.7. The second-order valence-corrected chi connectivity index (χ2v) is 13.1. The molecule has 0 aliphatic carbocycles. The van der Waals surface area contributed by atoms with Crippen LogP contribution in [0.1, 0.15) is 221 Å². The van der Waals surface area contributed by atoms with Crippen molar-refractivity contribution in [2.24, 2.45) is 0 Å². The standard InChI is InChI=1S/2C19H38O2/c2*1-4-5-6-7-8-9-10-11-12-13-14-15-16-17-19(20)21-18(2)3/h2*18H,4-17H2,1-3H3. The van der Waals surface area contributed by atoms with E-state index in [0.29, 0.717) is 12.8 Å². The minimum atomic E-state index is -0.0342. The summed E-state index contributed by atoms with van der Waals surface area (Å²) in [5.41, 5.74) is 0. The van der Waals surface area contributed by atoms with Crippen molar-refractivity contribution < 1.29 is 19.1 Å². The molecule has 0 N–H and O–H groups in total. The van der Waals surface area contributed by atoms with Crippen LogP contribution in [0.25, 0.3) is 0 Å². The van der Waals surface area contributed by atoms with Crippen LogP contribution >= 0.6 is 0 Å². The van der Waals surface area contributed by atoms with Crippen LogP contribution < -0.4 is 0 Å². The normalized spacial score (nSPS) is 11.0. The van der Waals surface area contributed by atoms with E-state index in [9.17, 15) is 9.59 Å². The lowest BCUT2D eigenvalue weighted by Crippen LogP contribution is -2.10. The van der Waals surface area contributed by atoms with Crippen LogP contribution in [0.15, 0.2) is 0 Å². The van der Waals surface area contributed by atoms with E-state index in [1.165, 1.54) is 154 Å². The van der Waals surface area contributed by atoms with Crippen LogP contribution in [0.4, 0.5) is 0 Å². The summed E-state index contributed by atoms with van der Waals surface area (Å²) < 4.78 is 10.2. The molecule has 0 aliphatic rings. The van der Waals surface area contributed by atoms with Crippen LogP contribution in [0.3, 0.4) is 0 Å². The van der Waals surface area contributed by atoms with Gasteiger partial charge in [-0.1, -0.05) is 168 Å². The molecule has 0 bridgehead atoms. The van der Waals surface area contributed by atoms with Gasteiger partial charge >= 0.3 is 11.9 Å². The first kappa shape index (κ1) is 43.1. The molecule has 0 aliphatic heterocycles. The summed E-state index contributed by atoms with van der Waals surface area (Å²) in [5.74, 6) is -0.0684. The molecule has 0 aromatic rings. The van der Waals surface area contributed by atoms with Crippen LogP contribution in [-0.4, -0.2) is 24.1 Å². The number of hydrogen-bond acceptors (Lipinski definition) is 4. The molecule has 4 heteroatoms. The van der Waals surface area contributed by atoms with Gasteiger partial charge < -0.3 is 9.47 Å². The van der Waals surface area contributed by atoms with E-state index in [4.69, 9.17) is 9.47 Å². The van der Waals surface area contributed by atoms with Crippen LogP contribution in [0.5, 0.6) is 0 Å². The van der Waals surface area contributed by atoms with Crippen molar-refractivity contribution in [2.75, 3.05) is 0 Å². The third-order valence-corrected chi connectivity index (χ3v) is 7.70. The van der Waals surface area contributed by atoms with E-state index in [0.717, 1.165) is 12.8 Å². The maximum Gasteiger partial charge on any atom is 0.306 e. The Morgan fingerprint density at radius 1 is 0.357 bits per heavy atom. The Hall–Kier alpha value is -1.06. The van der Waals surface area contributed by atoms with Crippen molar-refractivity contribution in [2.45, 2.75) is 234 Å². The van der Waals surface area contributed by atoms with Crippen molar-refractivity contribution in [1.82, 2.24) is 0 Å². The molecule has 4 nitrogen and oxygen atoms in total. The van der Waals surface area contributed by atoms with E-state index in [1.54, 1.807) is 0 Å². The monoisotopic (exact) mass is 597 g/mol. The van der Waals surface area contributed by atoms with Crippen molar-refractivity contribution in [1.29, 1.82) is 0 Å². The molecule has 0 heterocycles. The fourth-order valence-electron chi connectivity index (χ4n) is 5.22. The third kappa shape index (κ3) is 41.1. The van der Waals surface area contributed by atoms with Gasteiger partial charge in [0.2, 0.25) is 0 Å². The zero-order valence-corrected chi connectivity index (χ0v) is 29.6. The second-order valence-electron chi connectivity index (χ2n) is 13.1. The average Bonchev–Trinajstić information content (AvgIpc) is 2.93. The van der Waals surface area contributed by atoms with Crippen LogP contribution in [0, 0.1) is 0 Å². The Kier molecular flexibility index (Phi) is 37.1. The SMILES string of the molecule is CCCCCCCCCCCCCCCC(=O)OC(C)C.CCCCCCCCCCCCCCCC(=O)OC(C)C. The number of ether oxygens (including phenoxy) is 2. The molecule has 0 unspecified atom stereocenters. The molecule has 0 aromatic heterocycles. The van der Waals surface area contributed by atoms with E-state index in [1.807, 2.05) is 27.7 Å². The van der Waals surface area contributed by atoms with E-state index in [-0.39, 0.29) is 24.1 Å². The molecule has 0 amide bonds. The highest BCUT2D eigenvalue weighted by molar-refractivity contribution is 5.69. The number of carbonyl (C=O) groups excluding carboxylic acids is 2. The molecule has 42 heavy (non-hydrogen) atoms. The Balaban J connectivity index is 0. The van der Waals surface area contributed by atoms with Gasteiger partial charge in [0.25, 0.3) is 0 Å². The zero-order chi connectivity index (χ0) is 31.5. The van der Waals surface area contributed by atoms with Crippen molar-refractivity contribution in [3.05, 3.63) is 0 Å². The summed E-state index contributed by atoms with van der Waals surface area (Å²) in [6.45, 7) is 12.2. The van der Waals surface area contributed by atoms with Gasteiger partial charge in [-0.05, 0) is 40.5 Å². The van der Waals surface area contributed by atoms with Crippen LogP contribution in [0.2, 0.25) is 0 Å². The summed E-state index contributed by atoms with van der Waals surface area (Å²) >= 11 is 0. The quantitative estimate of drug-likeness (QED) is 0.0611. The smallest absolute Gasteiger partial charge is 0.306 e. The van der Waals surface area contributed by atoms with Crippen LogP contribution in [-0.2, 0) is 19.1 Å². The second kappa shape index (κ2) is 36.1. The van der Waals surface area contributed by atoms with E-state index in [2.05, 4.69) is 13.8 Å². The molecule has 0 saturated carbocycles. The van der Waals surface area contributed by atoms with Gasteiger partial charge in [0.05, 0.1) is 12.2 Å².